The molecule has 3 aromatic rings. The molecule has 33 heavy (non-hydrogen) atoms. The Morgan fingerprint density at radius 3 is 2.61 bits per heavy atom. The minimum Gasteiger partial charge on any atom is -0.470 e. The standard InChI is InChI=1S/C23H23F2N3O5/c24-13-5-11(28-4-3-12(29)8-28)6-14(25)21(13)16-2-1-15-17(26-16)7-20(27-15)33-19-10-32-22-18(30)9-31-23(19)22/h1-2,5-7,12,18-19,22-23,27,29-30H,3-4,8-10H2/t12-,18-,19-,22?,23-/m1/s1. The van der Waals surface area contributed by atoms with Crippen LogP contribution in [0.2, 0.25) is 0 Å². The molecule has 1 aromatic carbocycles. The molecule has 5 heterocycles. The van der Waals surface area contributed by atoms with Crippen molar-refractivity contribution in [1.82, 2.24) is 9.97 Å². The van der Waals surface area contributed by atoms with Gasteiger partial charge in [0.2, 0.25) is 0 Å². The maximum absolute atomic E-state index is 14.9. The van der Waals surface area contributed by atoms with Crippen molar-refractivity contribution in [1.29, 1.82) is 0 Å². The summed E-state index contributed by atoms with van der Waals surface area (Å²) >= 11 is 0. The van der Waals surface area contributed by atoms with E-state index in [1.807, 2.05) is 0 Å². The average Bonchev–Trinajstić information content (AvgIpc) is 3.54. The van der Waals surface area contributed by atoms with E-state index >= 15 is 0 Å². The van der Waals surface area contributed by atoms with Crippen LogP contribution in [0.4, 0.5) is 14.5 Å². The van der Waals surface area contributed by atoms with Crippen LogP contribution in [-0.4, -0.2) is 77.0 Å². The SMILES string of the molecule is O[C@@H]1CCN(c2cc(F)c(-c3ccc4[nH]c(O[C@@H]5COC6[C@H](O)CO[C@@H]65)cc4n3)c(F)c2)C1. The minimum atomic E-state index is -0.712. The first-order valence-corrected chi connectivity index (χ1v) is 11.0. The summed E-state index contributed by atoms with van der Waals surface area (Å²) in [5.74, 6) is -0.995. The predicted molar refractivity (Wildman–Crippen MR) is 114 cm³/mol. The summed E-state index contributed by atoms with van der Waals surface area (Å²) in [6.07, 6.45) is -1.72. The van der Waals surface area contributed by atoms with E-state index in [-0.39, 0.29) is 36.7 Å². The fourth-order valence-electron chi connectivity index (χ4n) is 4.86. The number of anilines is 1. The quantitative estimate of drug-likeness (QED) is 0.549. The predicted octanol–water partition coefficient (Wildman–Crippen LogP) is 1.98. The molecule has 8 nitrogen and oxygen atoms in total. The van der Waals surface area contributed by atoms with E-state index in [4.69, 9.17) is 14.2 Å². The molecule has 0 bridgehead atoms. The number of aliphatic hydroxyl groups excluding tert-OH is 2. The van der Waals surface area contributed by atoms with Crippen molar-refractivity contribution in [2.75, 3.05) is 31.2 Å². The molecule has 0 aliphatic carbocycles. The number of rotatable bonds is 4. The van der Waals surface area contributed by atoms with Crippen LogP contribution < -0.4 is 9.64 Å². The van der Waals surface area contributed by atoms with Gasteiger partial charge in [-0.05, 0) is 30.7 Å². The number of nitrogens with one attached hydrogen (secondary N) is 1. The highest BCUT2D eigenvalue weighted by Gasteiger charge is 2.48. The molecule has 3 saturated heterocycles. The van der Waals surface area contributed by atoms with Gasteiger partial charge in [0.25, 0.3) is 0 Å². The zero-order chi connectivity index (χ0) is 22.7. The number of fused-ring (bicyclic) bond motifs is 2. The normalized spacial score (nSPS) is 29.2. The third-order valence-electron chi connectivity index (χ3n) is 6.52. The number of aromatic nitrogens is 2. The topological polar surface area (TPSA) is 100 Å². The molecular formula is C23H23F2N3O5. The van der Waals surface area contributed by atoms with Gasteiger partial charge in [-0.3, -0.25) is 0 Å². The molecule has 2 aromatic heterocycles. The van der Waals surface area contributed by atoms with Crippen LogP contribution in [0.25, 0.3) is 22.3 Å². The zero-order valence-corrected chi connectivity index (χ0v) is 17.6. The maximum atomic E-state index is 14.9. The lowest BCUT2D eigenvalue weighted by Gasteiger charge is -2.19. The Kier molecular flexibility index (Phi) is 4.98. The number of aliphatic hydroxyl groups is 2. The van der Waals surface area contributed by atoms with Crippen LogP contribution in [0.3, 0.4) is 0 Å². The lowest BCUT2D eigenvalue weighted by Crippen LogP contribution is -2.34. The van der Waals surface area contributed by atoms with Crippen LogP contribution in [0.5, 0.6) is 5.88 Å². The first kappa shape index (κ1) is 20.8. The molecule has 3 aliphatic heterocycles. The van der Waals surface area contributed by atoms with Gasteiger partial charge in [0.15, 0.2) is 12.0 Å². The smallest absolute Gasteiger partial charge is 0.193 e. The number of aromatic amines is 1. The average molecular weight is 459 g/mol. The van der Waals surface area contributed by atoms with Crippen LogP contribution in [0.15, 0.2) is 30.3 Å². The summed E-state index contributed by atoms with van der Waals surface area (Å²) in [4.78, 5) is 9.29. The van der Waals surface area contributed by atoms with Crippen LogP contribution in [0.1, 0.15) is 6.42 Å². The van der Waals surface area contributed by atoms with Crippen molar-refractivity contribution >= 4 is 16.7 Å². The Hall–Kier alpha value is -2.79. The largest absolute Gasteiger partial charge is 0.470 e. The van der Waals surface area contributed by atoms with E-state index in [2.05, 4.69) is 9.97 Å². The number of ether oxygens (including phenoxy) is 3. The Labute approximate surface area is 187 Å². The third kappa shape index (κ3) is 3.63. The number of benzene rings is 1. The fraction of sp³-hybridized carbons (Fsp3) is 0.435. The van der Waals surface area contributed by atoms with E-state index in [1.165, 1.54) is 12.1 Å². The summed E-state index contributed by atoms with van der Waals surface area (Å²) in [6.45, 7) is 1.40. The Bertz CT molecular complexity index is 1180. The molecule has 0 amide bonds. The van der Waals surface area contributed by atoms with Crippen LogP contribution in [0, 0.1) is 11.6 Å². The number of hydrogen-bond acceptors (Lipinski definition) is 7. The monoisotopic (exact) mass is 459 g/mol. The van der Waals surface area contributed by atoms with Crippen molar-refractivity contribution in [3.8, 4) is 17.1 Å². The Morgan fingerprint density at radius 1 is 1.06 bits per heavy atom. The Morgan fingerprint density at radius 2 is 1.85 bits per heavy atom. The van der Waals surface area contributed by atoms with Crippen molar-refractivity contribution in [2.24, 2.45) is 0 Å². The number of hydrogen-bond donors (Lipinski definition) is 3. The number of pyridine rings is 1. The van der Waals surface area contributed by atoms with Gasteiger partial charge in [0.1, 0.15) is 29.9 Å². The second kappa shape index (κ2) is 7.91. The molecule has 174 valence electrons. The van der Waals surface area contributed by atoms with Gasteiger partial charge in [-0.2, -0.15) is 0 Å². The number of nitrogens with zero attached hydrogens (tertiary/aromatic N) is 2. The molecule has 0 spiro atoms. The number of H-pyrrole nitrogens is 1. The summed E-state index contributed by atoms with van der Waals surface area (Å²) in [5.41, 5.74) is 1.52. The molecule has 3 N–H and O–H groups in total. The molecule has 0 saturated carbocycles. The molecule has 3 fully saturated rings. The number of β-amino-alcohol motifs (C(OH)–C–C–N with tert-alkyl or cyclic N) is 1. The molecule has 10 heteroatoms. The minimum absolute atomic E-state index is 0.169. The van der Waals surface area contributed by atoms with E-state index in [9.17, 15) is 19.0 Å². The van der Waals surface area contributed by atoms with Gasteiger partial charge < -0.3 is 34.3 Å². The second-order valence-corrected chi connectivity index (χ2v) is 8.76. The Balaban J connectivity index is 1.26. The summed E-state index contributed by atoms with van der Waals surface area (Å²) in [7, 11) is 0. The summed E-state index contributed by atoms with van der Waals surface area (Å²) in [5, 5.41) is 19.6. The maximum Gasteiger partial charge on any atom is 0.193 e. The molecular weight excluding hydrogens is 436 g/mol. The van der Waals surface area contributed by atoms with Gasteiger partial charge in [-0.25, -0.2) is 13.8 Å². The van der Waals surface area contributed by atoms with Crippen molar-refractivity contribution < 1.29 is 33.2 Å². The second-order valence-electron chi connectivity index (χ2n) is 8.76. The lowest BCUT2D eigenvalue weighted by molar-refractivity contribution is 0.00794. The first-order chi connectivity index (χ1) is 16.0. The van der Waals surface area contributed by atoms with Crippen LogP contribution >= 0.6 is 0 Å². The van der Waals surface area contributed by atoms with Crippen molar-refractivity contribution in [3.63, 3.8) is 0 Å². The molecule has 0 radical (unpaired) electrons. The fourth-order valence-corrected chi connectivity index (χ4v) is 4.86. The summed E-state index contributed by atoms with van der Waals surface area (Å²) in [6, 6.07) is 7.46. The molecule has 1 unspecified atom stereocenters. The first-order valence-electron chi connectivity index (χ1n) is 11.0. The van der Waals surface area contributed by atoms with E-state index in [1.54, 1.807) is 23.1 Å². The highest BCUT2D eigenvalue weighted by atomic mass is 19.1. The van der Waals surface area contributed by atoms with Gasteiger partial charge in [-0.1, -0.05) is 0 Å². The van der Waals surface area contributed by atoms with E-state index in [0.29, 0.717) is 42.1 Å². The third-order valence-corrected chi connectivity index (χ3v) is 6.52. The number of halogens is 2. The van der Waals surface area contributed by atoms with Gasteiger partial charge in [0, 0.05) is 24.8 Å². The van der Waals surface area contributed by atoms with Gasteiger partial charge in [-0.15, -0.1) is 0 Å². The van der Waals surface area contributed by atoms with Gasteiger partial charge in [0.05, 0.1) is 41.6 Å². The van der Waals surface area contributed by atoms with Gasteiger partial charge >= 0.3 is 0 Å². The zero-order valence-electron chi connectivity index (χ0n) is 17.6. The molecule has 6 rings (SSSR count). The van der Waals surface area contributed by atoms with Crippen molar-refractivity contribution in [3.05, 3.63) is 42.0 Å². The highest BCUT2D eigenvalue weighted by molar-refractivity contribution is 5.81. The van der Waals surface area contributed by atoms with E-state index in [0.717, 1.165) is 0 Å². The lowest BCUT2D eigenvalue weighted by atomic mass is 10.1. The van der Waals surface area contributed by atoms with Crippen LogP contribution in [-0.2, 0) is 9.47 Å². The van der Waals surface area contributed by atoms with Crippen molar-refractivity contribution in [2.45, 2.75) is 36.9 Å². The summed E-state index contributed by atoms with van der Waals surface area (Å²) < 4.78 is 47.0. The van der Waals surface area contributed by atoms with E-state index < -0.39 is 29.9 Å². The highest BCUT2D eigenvalue weighted by Crippen LogP contribution is 2.33. The molecule has 3 aliphatic rings. The molecule has 5 atom stereocenters.